The maximum absolute atomic E-state index is 9.51. The Kier molecular flexibility index (Phi) is 5.96. The van der Waals surface area contributed by atoms with Gasteiger partial charge in [-0.3, -0.25) is 0 Å². The molecule has 0 spiro atoms. The molecule has 1 heteroatoms. The monoisotopic (exact) mass is 657 g/mol. The van der Waals surface area contributed by atoms with E-state index in [1.807, 2.05) is 103 Å². The predicted octanol–water partition coefficient (Wildman–Crippen LogP) is 14.1. The van der Waals surface area contributed by atoms with Crippen molar-refractivity contribution in [3.63, 3.8) is 0 Å². The highest BCUT2D eigenvalue weighted by molar-refractivity contribution is 6.04. The molecule has 0 heterocycles. The molecule has 0 bridgehead atoms. The van der Waals surface area contributed by atoms with Gasteiger partial charge in [0.05, 0.1) is 11.0 Å². The summed E-state index contributed by atoms with van der Waals surface area (Å²) in [5, 5.41) is 4.06. The third-order valence-electron chi connectivity index (χ3n) is 9.22. The van der Waals surface area contributed by atoms with Crippen LogP contribution in [0.3, 0.4) is 0 Å². The third kappa shape index (κ3) is 5.86. The summed E-state index contributed by atoms with van der Waals surface area (Å²) in [4.78, 5) is 1.33. The quantitative estimate of drug-likeness (QED) is 0.165. The van der Waals surface area contributed by atoms with Crippen molar-refractivity contribution in [1.82, 2.24) is 0 Å². The molecule has 0 amide bonds. The van der Waals surface area contributed by atoms with E-state index in [0.29, 0.717) is 16.8 Å². The highest BCUT2D eigenvalue weighted by Crippen LogP contribution is 2.41. The summed E-state index contributed by atoms with van der Waals surface area (Å²) in [6.07, 6.45) is 0. The Labute approximate surface area is 310 Å². The first-order valence-electron chi connectivity index (χ1n) is 20.9. The Morgan fingerprint density at radius 2 is 0.824 bits per heavy atom. The zero-order valence-corrected chi connectivity index (χ0v) is 27.5. The van der Waals surface area contributed by atoms with E-state index in [0.717, 1.165) is 43.8 Å². The fraction of sp³-hybridized carbons (Fsp3) is 0. The Bertz CT molecular complexity index is 3010. The maximum atomic E-state index is 9.51. The number of rotatable bonds is 7. The smallest absolute Gasteiger partial charge is 0.0645 e. The first-order chi connectivity index (χ1) is 28.7. The fourth-order valence-electron chi connectivity index (χ4n) is 6.75. The SMILES string of the molecule is [2H]c1c([2H])c(N(c2ccccc2)c2c([2H])c([2H])c(-c3ccc4ccccc4c3-c3ccccc3)c([2H])c2[2H])c([2H])c([2H])c1-c1ccc(-c2cccc3ccccc23)cc1. The molecule has 0 aliphatic heterocycles. The van der Waals surface area contributed by atoms with Crippen LogP contribution in [0, 0.1) is 0 Å². The number of nitrogens with zero attached hydrogens (tertiary/aromatic N) is 1. The average molecular weight is 658 g/mol. The molecule has 1 nitrogen and oxygen atoms in total. The summed E-state index contributed by atoms with van der Waals surface area (Å²) in [6, 6.07) is 48.8. The number of anilines is 3. The van der Waals surface area contributed by atoms with Gasteiger partial charge in [0.15, 0.2) is 0 Å². The Morgan fingerprint density at radius 3 is 1.51 bits per heavy atom. The van der Waals surface area contributed by atoms with Crippen molar-refractivity contribution in [2.45, 2.75) is 0 Å². The normalized spacial score (nSPS) is 13.3. The molecule has 0 aromatic heterocycles. The topological polar surface area (TPSA) is 3.24 Å². The maximum Gasteiger partial charge on any atom is 0.0645 e. The van der Waals surface area contributed by atoms with Crippen molar-refractivity contribution in [1.29, 1.82) is 0 Å². The van der Waals surface area contributed by atoms with Crippen LogP contribution in [0.5, 0.6) is 0 Å². The van der Waals surface area contributed by atoms with E-state index in [2.05, 4.69) is 18.2 Å². The summed E-state index contributed by atoms with van der Waals surface area (Å²) >= 11 is 0. The van der Waals surface area contributed by atoms with Crippen LogP contribution in [0.2, 0.25) is 0 Å². The lowest BCUT2D eigenvalue weighted by Gasteiger charge is -2.26. The van der Waals surface area contributed by atoms with E-state index in [1.54, 1.807) is 42.5 Å². The molecule has 9 aromatic rings. The molecule has 0 saturated heterocycles. The van der Waals surface area contributed by atoms with Crippen molar-refractivity contribution < 1.29 is 11.0 Å². The highest BCUT2D eigenvalue weighted by atomic mass is 15.1. The lowest BCUT2D eigenvalue weighted by molar-refractivity contribution is 1.28. The molecule has 0 aliphatic carbocycles. The summed E-state index contributed by atoms with van der Waals surface area (Å²) in [6.45, 7) is 0. The van der Waals surface area contributed by atoms with Gasteiger partial charge in [-0.1, -0.05) is 176 Å². The molecule has 0 fully saturated rings. The largest absolute Gasteiger partial charge is 0.311 e. The molecule has 9 rings (SSSR count). The van der Waals surface area contributed by atoms with Gasteiger partial charge in [0.25, 0.3) is 0 Å². The standard InChI is InChI=1S/C50H35N/c1-3-14-42(15-4-1)50-48-20-10-8-13-39(48)30-35-49(50)41-28-33-45(34-29-41)51(43-17-5-2-6-18-43)44-31-26-37(27-32-44)36-22-24-40(25-23-36)47-21-11-16-38-12-7-9-19-46(38)47/h1-35H/i26D,27D,28D,29D,31D,32D,33D,34D. The second kappa shape index (κ2) is 13.3. The van der Waals surface area contributed by atoms with E-state index >= 15 is 0 Å². The van der Waals surface area contributed by atoms with Gasteiger partial charge in [0.2, 0.25) is 0 Å². The van der Waals surface area contributed by atoms with Crippen LogP contribution in [0.4, 0.5) is 17.1 Å². The molecule has 0 saturated carbocycles. The molecule has 0 atom stereocenters. The number of benzene rings is 9. The second-order valence-corrected chi connectivity index (χ2v) is 12.3. The molecule has 51 heavy (non-hydrogen) atoms. The minimum atomic E-state index is -0.387. The van der Waals surface area contributed by atoms with E-state index < -0.39 is 0 Å². The van der Waals surface area contributed by atoms with Crippen LogP contribution in [-0.4, -0.2) is 0 Å². The van der Waals surface area contributed by atoms with E-state index in [1.165, 1.54) is 4.90 Å². The predicted molar refractivity (Wildman–Crippen MR) is 218 cm³/mol. The van der Waals surface area contributed by atoms with Gasteiger partial charge in [-0.25, -0.2) is 0 Å². The van der Waals surface area contributed by atoms with Crippen LogP contribution < -0.4 is 4.90 Å². The van der Waals surface area contributed by atoms with Crippen molar-refractivity contribution in [3.8, 4) is 44.5 Å². The van der Waals surface area contributed by atoms with Gasteiger partial charge in [-0.05, 0) is 102 Å². The first kappa shape index (κ1) is 22.8. The molecule has 0 N–H and O–H groups in total. The Morgan fingerprint density at radius 1 is 0.294 bits per heavy atom. The summed E-state index contributed by atoms with van der Waals surface area (Å²) in [5.41, 5.74) is 4.85. The summed E-state index contributed by atoms with van der Waals surface area (Å²) in [7, 11) is 0. The van der Waals surface area contributed by atoms with Gasteiger partial charge in [0.1, 0.15) is 0 Å². The highest BCUT2D eigenvalue weighted by Gasteiger charge is 2.15. The lowest BCUT2D eigenvalue weighted by atomic mass is 9.90. The van der Waals surface area contributed by atoms with Crippen LogP contribution >= 0.6 is 0 Å². The van der Waals surface area contributed by atoms with E-state index in [-0.39, 0.29) is 70.8 Å². The van der Waals surface area contributed by atoms with Gasteiger partial charge in [-0.15, -0.1) is 0 Å². The number of fused-ring (bicyclic) bond motifs is 2. The van der Waals surface area contributed by atoms with Gasteiger partial charge in [0, 0.05) is 17.1 Å². The van der Waals surface area contributed by atoms with Crippen LogP contribution in [0.1, 0.15) is 11.0 Å². The average Bonchev–Trinajstić information content (AvgIpc) is 3.28. The second-order valence-electron chi connectivity index (χ2n) is 12.3. The summed E-state index contributed by atoms with van der Waals surface area (Å²) in [5.74, 6) is 0. The lowest BCUT2D eigenvalue weighted by Crippen LogP contribution is -2.09. The zero-order chi connectivity index (χ0) is 40.9. The van der Waals surface area contributed by atoms with E-state index in [9.17, 15) is 11.0 Å². The first-order valence-corrected chi connectivity index (χ1v) is 16.9. The van der Waals surface area contributed by atoms with Crippen LogP contribution in [0.15, 0.2) is 212 Å². The number of para-hydroxylation sites is 1. The molecule has 240 valence electrons. The molecule has 9 aromatic carbocycles. The fourth-order valence-corrected chi connectivity index (χ4v) is 6.75. The van der Waals surface area contributed by atoms with Crippen molar-refractivity contribution in [3.05, 3.63) is 212 Å². The molecule has 0 aliphatic rings. The van der Waals surface area contributed by atoms with Crippen molar-refractivity contribution in [2.75, 3.05) is 4.90 Å². The minimum Gasteiger partial charge on any atom is -0.311 e. The van der Waals surface area contributed by atoms with Crippen molar-refractivity contribution in [2.24, 2.45) is 0 Å². The molecular weight excluding hydrogens is 615 g/mol. The summed E-state index contributed by atoms with van der Waals surface area (Å²) < 4.78 is 75.3. The van der Waals surface area contributed by atoms with Crippen molar-refractivity contribution >= 4 is 38.6 Å². The molecular formula is C50H35N. The molecule has 0 radical (unpaired) electrons. The third-order valence-corrected chi connectivity index (χ3v) is 9.22. The zero-order valence-electron chi connectivity index (χ0n) is 35.5. The number of hydrogen-bond acceptors (Lipinski definition) is 1. The molecule has 0 unspecified atom stereocenters. The Balaban J connectivity index is 1.22. The van der Waals surface area contributed by atoms with Crippen LogP contribution in [-0.2, 0) is 0 Å². The van der Waals surface area contributed by atoms with Crippen LogP contribution in [0.25, 0.3) is 66.1 Å². The van der Waals surface area contributed by atoms with Gasteiger partial charge >= 0.3 is 0 Å². The van der Waals surface area contributed by atoms with E-state index in [4.69, 9.17) is 0 Å². The van der Waals surface area contributed by atoms with Gasteiger partial charge < -0.3 is 4.90 Å². The Hall–Kier alpha value is -6.70. The van der Waals surface area contributed by atoms with Gasteiger partial charge in [-0.2, -0.15) is 0 Å². The number of hydrogen-bond donors (Lipinski definition) is 0. The minimum absolute atomic E-state index is 0.112.